The number of benzene rings is 1. The van der Waals surface area contributed by atoms with Crippen molar-refractivity contribution in [3.63, 3.8) is 0 Å². The Balaban J connectivity index is 1.68. The summed E-state index contributed by atoms with van der Waals surface area (Å²) in [5, 5.41) is 10.7. The lowest BCUT2D eigenvalue weighted by Gasteiger charge is -2.09. The van der Waals surface area contributed by atoms with E-state index in [1.165, 1.54) is 35.4 Å². The molecule has 3 aromatic heterocycles. The third-order valence-corrected chi connectivity index (χ3v) is 3.83. The highest BCUT2D eigenvalue weighted by atomic mass is 19.1. The van der Waals surface area contributed by atoms with Gasteiger partial charge in [0.1, 0.15) is 5.82 Å². The topological polar surface area (TPSA) is 85.3 Å². The molecule has 0 atom stereocenters. The Hall–Kier alpha value is -3.55. The molecule has 0 spiro atoms. The van der Waals surface area contributed by atoms with E-state index in [0.29, 0.717) is 22.6 Å². The summed E-state index contributed by atoms with van der Waals surface area (Å²) >= 11 is 0. The number of anilines is 1. The summed E-state index contributed by atoms with van der Waals surface area (Å²) in [7, 11) is 0. The van der Waals surface area contributed by atoms with Crippen molar-refractivity contribution in [2.24, 2.45) is 0 Å². The van der Waals surface area contributed by atoms with E-state index >= 15 is 0 Å². The summed E-state index contributed by atoms with van der Waals surface area (Å²) in [6.07, 6.45) is 4.10. The molecule has 1 aromatic carbocycles. The Morgan fingerprint density at radius 2 is 2.16 bits per heavy atom. The number of halogens is 1. The van der Waals surface area contributed by atoms with Gasteiger partial charge in [0.2, 0.25) is 12.2 Å². The first-order valence-electron chi connectivity index (χ1n) is 7.43. The van der Waals surface area contributed by atoms with Gasteiger partial charge in [-0.05, 0) is 24.6 Å². The SMILES string of the molecule is Cc1ccc(-c2ncon2)cc1NC(=O)c1cnn2ccc(F)cc12. The second-order valence-electron chi connectivity index (χ2n) is 5.47. The van der Waals surface area contributed by atoms with Crippen LogP contribution in [0.4, 0.5) is 10.1 Å². The fourth-order valence-electron chi connectivity index (χ4n) is 2.51. The number of rotatable bonds is 3. The van der Waals surface area contributed by atoms with Crippen LogP contribution in [0.25, 0.3) is 16.9 Å². The first-order chi connectivity index (χ1) is 12.1. The molecular formula is C17H12FN5O2. The number of carbonyl (C=O) groups is 1. The van der Waals surface area contributed by atoms with Crippen molar-refractivity contribution < 1.29 is 13.7 Å². The molecule has 1 amide bonds. The molecule has 0 saturated carbocycles. The van der Waals surface area contributed by atoms with Crippen LogP contribution < -0.4 is 5.32 Å². The minimum Gasteiger partial charge on any atom is -0.342 e. The Labute approximate surface area is 141 Å². The lowest BCUT2D eigenvalue weighted by Crippen LogP contribution is -2.12. The van der Waals surface area contributed by atoms with E-state index in [4.69, 9.17) is 4.52 Å². The van der Waals surface area contributed by atoms with Gasteiger partial charge >= 0.3 is 0 Å². The number of hydrogen-bond donors (Lipinski definition) is 1. The second kappa shape index (κ2) is 5.82. The Bertz CT molecular complexity index is 1070. The molecule has 0 radical (unpaired) electrons. The van der Waals surface area contributed by atoms with Crippen LogP contribution in [0.3, 0.4) is 0 Å². The highest BCUT2D eigenvalue weighted by molar-refractivity contribution is 6.09. The largest absolute Gasteiger partial charge is 0.342 e. The number of aromatic nitrogens is 4. The fraction of sp³-hybridized carbons (Fsp3) is 0.0588. The minimum absolute atomic E-state index is 0.281. The number of fused-ring (bicyclic) bond motifs is 1. The monoisotopic (exact) mass is 337 g/mol. The maximum atomic E-state index is 13.5. The molecule has 3 heterocycles. The smallest absolute Gasteiger partial charge is 0.259 e. The lowest BCUT2D eigenvalue weighted by atomic mass is 10.1. The maximum absolute atomic E-state index is 13.5. The highest BCUT2D eigenvalue weighted by Crippen LogP contribution is 2.24. The molecule has 25 heavy (non-hydrogen) atoms. The van der Waals surface area contributed by atoms with Crippen LogP contribution in [0.5, 0.6) is 0 Å². The Morgan fingerprint density at radius 1 is 1.28 bits per heavy atom. The van der Waals surface area contributed by atoms with Gasteiger partial charge < -0.3 is 9.84 Å². The summed E-state index contributed by atoms with van der Waals surface area (Å²) < 4.78 is 19.7. The van der Waals surface area contributed by atoms with E-state index in [-0.39, 0.29) is 11.5 Å². The summed E-state index contributed by atoms with van der Waals surface area (Å²) in [5.74, 6) is -0.389. The molecule has 0 bridgehead atoms. The van der Waals surface area contributed by atoms with E-state index in [0.717, 1.165) is 5.56 Å². The summed E-state index contributed by atoms with van der Waals surface area (Å²) in [5.41, 5.74) is 2.85. The van der Waals surface area contributed by atoms with Gasteiger partial charge in [-0.2, -0.15) is 10.1 Å². The molecule has 7 nitrogen and oxygen atoms in total. The van der Waals surface area contributed by atoms with Crippen molar-refractivity contribution >= 4 is 17.1 Å². The normalized spacial score (nSPS) is 11.0. The summed E-state index contributed by atoms with van der Waals surface area (Å²) in [4.78, 5) is 16.6. The van der Waals surface area contributed by atoms with Gasteiger partial charge in [0, 0.05) is 23.5 Å². The predicted molar refractivity (Wildman–Crippen MR) is 87.6 cm³/mol. The number of pyridine rings is 1. The van der Waals surface area contributed by atoms with Crippen LogP contribution in [-0.4, -0.2) is 25.7 Å². The second-order valence-corrected chi connectivity index (χ2v) is 5.47. The summed E-state index contributed by atoms with van der Waals surface area (Å²) in [6, 6.07) is 7.98. The predicted octanol–water partition coefficient (Wildman–Crippen LogP) is 3.08. The zero-order chi connectivity index (χ0) is 17.4. The fourth-order valence-corrected chi connectivity index (χ4v) is 2.51. The molecule has 0 fully saturated rings. The highest BCUT2D eigenvalue weighted by Gasteiger charge is 2.15. The van der Waals surface area contributed by atoms with Crippen LogP contribution in [-0.2, 0) is 0 Å². The van der Waals surface area contributed by atoms with Gasteiger partial charge in [-0.25, -0.2) is 8.91 Å². The molecule has 0 saturated heterocycles. The van der Waals surface area contributed by atoms with Crippen molar-refractivity contribution in [1.29, 1.82) is 0 Å². The number of aryl methyl sites for hydroxylation is 1. The molecule has 124 valence electrons. The van der Waals surface area contributed by atoms with Crippen LogP contribution in [0, 0.1) is 12.7 Å². The molecule has 4 aromatic rings. The maximum Gasteiger partial charge on any atom is 0.259 e. The summed E-state index contributed by atoms with van der Waals surface area (Å²) in [6.45, 7) is 1.87. The van der Waals surface area contributed by atoms with Crippen molar-refractivity contribution in [2.75, 3.05) is 5.32 Å². The van der Waals surface area contributed by atoms with Gasteiger partial charge in [-0.15, -0.1) is 0 Å². The molecule has 0 aliphatic rings. The molecular weight excluding hydrogens is 325 g/mol. The van der Waals surface area contributed by atoms with Crippen LogP contribution in [0.2, 0.25) is 0 Å². The minimum atomic E-state index is -0.433. The molecule has 0 unspecified atom stereocenters. The molecule has 1 N–H and O–H groups in total. The van der Waals surface area contributed by atoms with Crippen LogP contribution in [0.1, 0.15) is 15.9 Å². The van der Waals surface area contributed by atoms with E-state index < -0.39 is 5.82 Å². The van der Waals surface area contributed by atoms with Gasteiger partial charge in [-0.3, -0.25) is 4.79 Å². The average Bonchev–Trinajstić information content (AvgIpc) is 3.26. The molecule has 0 aliphatic heterocycles. The quantitative estimate of drug-likeness (QED) is 0.621. The van der Waals surface area contributed by atoms with Crippen molar-refractivity contribution in [3.05, 3.63) is 66.1 Å². The molecule has 4 rings (SSSR count). The number of hydrogen-bond acceptors (Lipinski definition) is 5. The zero-order valence-corrected chi connectivity index (χ0v) is 13.1. The zero-order valence-electron chi connectivity index (χ0n) is 13.1. The number of amides is 1. The van der Waals surface area contributed by atoms with Crippen molar-refractivity contribution in [2.45, 2.75) is 6.92 Å². The number of carbonyl (C=O) groups excluding carboxylic acids is 1. The van der Waals surface area contributed by atoms with Crippen molar-refractivity contribution in [3.8, 4) is 11.4 Å². The lowest BCUT2D eigenvalue weighted by molar-refractivity contribution is 0.102. The van der Waals surface area contributed by atoms with Gasteiger partial charge in [-0.1, -0.05) is 17.3 Å². The van der Waals surface area contributed by atoms with E-state index in [1.54, 1.807) is 6.07 Å². The standard InChI is InChI=1S/C17H12FN5O2/c1-10-2-3-11(16-19-9-25-22-16)6-14(10)21-17(24)13-8-20-23-5-4-12(18)7-15(13)23/h2-9H,1H3,(H,21,24). The van der Waals surface area contributed by atoms with Gasteiger partial charge in [0.25, 0.3) is 5.91 Å². The molecule has 8 heteroatoms. The number of nitrogens with zero attached hydrogens (tertiary/aromatic N) is 4. The van der Waals surface area contributed by atoms with Crippen LogP contribution in [0.15, 0.2) is 53.6 Å². The number of nitrogens with one attached hydrogen (secondary N) is 1. The average molecular weight is 337 g/mol. The Morgan fingerprint density at radius 3 is 2.96 bits per heavy atom. The van der Waals surface area contributed by atoms with Crippen molar-refractivity contribution in [1.82, 2.24) is 19.8 Å². The third kappa shape index (κ3) is 2.74. The van der Waals surface area contributed by atoms with E-state index in [9.17, 15) is 9.18 Å². The first-order valence-corrected chi connectivity index (χ1v) is 7.43. The van der Waals surface area contributed by atoms with E-state index in [1.807, 2.05) is 19.1 Å². The first kappa shape index (κ1) is 15.0. The van der Waals surface area contributed by atoms with Gasteiger partial charge in [0.05, 0.1) is 17.3 Å². The van der Waals surface area contributed by atoms with Crippen LogP contribution >= 0.6 is 0 Å². The van der Waals surface area contributed by atoms with Gasteiger partial charge in [0.15, 0.2) is 0 Å². The molecule has 0 aliphatic carbocycles. The van der Waals surface area contributed by atoms with E-state index in [2.05, 4.69) is 20.6 Å². The Kier molecular flexibility index (Phi) is 3.50. The third-order valence-electron chi connectivity index (χ3n) is 3.83.